The lowest BCUT2D eigenvalue weighted by Crippen LogP contribution is -2.36. The average Bonchev–Trinajstić information content (AvgIpc) is 3.08. The van der Waals surface area contributed by atoms with E-state index in [1.807, 2.05) is 0 Å². The first-order chi connectivity index (χ1) is 12.9. The summed E-state index contributed by atoms with van der Waals surface area (Å²) in [5.41, 5.74) is -0.0214. The van der Waals surface area contributed by atoms with Gasteiger partial charge in [0.15, 0.2) is 16.0 Å². The fourth-order valence-electron chi connectivity index (χ4n) is 2.29. The monoisotopic (exact) mass is 412 g/mol. The molecule has 0 radical (unpaired) electrons. The molecule has 3 aromatic rings. The average molecular weight is 412 g/mol. The Morgan fingerprint density at radius 3 is 2.52 bits per heavy atom. The highest BCUT2D eigenvalue weighted by atomic mass is 32.2. The Hall–Kier alpha value is -2.59. The second-order valence-electron chi connectivity index (χ2n) is 5.31. The van der Waals surface area contributed by atoms with Crippen molar-refractivity contribution in [2.75, 3.05) is 17.2 Å². The van der Waals surface area contributed by atoms with Crippen LogP contribution in [0.5, 0.6) is 0 Å². The number of amides is 1. The second-order valence-corrected chi connectivity index (χ2v) is 7.53. The van der Waals surface area contributed by atoms with Crippen molar-refractivity contribution < 1.29 is 27.9 Å². The van der Waals surface area contributed by atoms with Crippen LogP contribution in [-0.4, -0.2) is 34.3 Å². The Morgan fingerprint density at radius 2 is 1.85 bits per heavy atom. The number of hydrogen-bond donors (Lipinski definition) is 1. The quantitative estimate of drug-likeness (QED) is 0.491. The topological polar surface area (TPSA) is 70.5 Å². The normalized spacial score (nSPS) is 10.9. The van der Waals surface area contributed by atoms with Gasteiger partial charge in [-0.1, -0.05) is 30.0 Å². The summed E-state index contributed by atoms with van der Waals surface area (Å²) in [6, 6.07) is 8.69. The predicted molar refractivity (Wildman–Crippen MR) is 96.6 cm³/mol. The molecule has 0 spiro atoms. The summed E-state index contributed by atoms with van der Waals surface area (Å²) in [5, 5.41) is 9.03. The number of nitrogens with zero attached hydrogens (tertiary/aromatic N) is 2. The van der Waals surface area contributed by atoms with Crippen LogP contribution in [0.3, 0.4) is 0 Å². The van der Waals surface area contributed by atoms with Crippen molar-refractivity contribution in [3.63, 3.8) is 0 Å². The number of thioether (sulfide) groups is 1. The Balaban J connectivity index is 1.79. The van der Waals surface area contributed by atoms with Crippen LogP contribution in [0.15, 0.2) is 40.7 Å². The first kappa shape index (κ1) is 19.2. The fraction of sp³-hybridized carbons (Fsp3) is 0.118. The molecule has 2 aromatic carbocycles. The van der Waals surface area contributed by atoms with Crippen molar-refractivity contribution >= 4 is 50.9 Å². The summed E-state index contributed by atoms with van der Waals surface area (Å²) in [4.78, 5) is 28.4. The van der Waals surface area contributed by atoms with Gasteiger partial charge in [-0.3, -0.25) is 9.59 Å². The maximum absolute atomic E-state index is 13.7. The number of fused-ring (bicyclic) bond motifs is 1. The number of aromatic nitrogens is 1. The molecule has 0 saturated heterocycles. The summed E-state index contributed by atoms with van der Waals surface area (Å²) < 4.78 is 40.8. The Bertz CT molecular complexity index is 1010. The molecule has 10 heteroatoms. The lowest BCUT2D eigenvalue weighted by Gasteiger charge is -2.20. The van der Waals surface area contributed by atoms with Crippen molar-refractivity contribution in [2.45, 2.75) is 4.34 Å². The van der Waals surface area contributed by atoms with E-state index in [0.717, 1.165) is 28.0 Å². The largest absolute Gasteiger partial charge is 0.480 e. The van der Waals surface area contributed by atoms with E-state index >= 15 is 0 Å². The predicted octanol–water partition coefficient (Wildman–Crippen LogP) is 3.92. The number of carboxylic acids is 1. The van der Waals surface area contributed by atoms with Gasteiger partial charge < -0.3 is 10.0 Å². The number of carbonyl (C=O) groups is 2. The zero-order valence-corrected chi connectivity index (χ0v) is 15.1. The van der Waals surface area contributed by atoms with Gasteiger partial charge in [0.05, 0.1) is 10.5 Å². The summed E-state index contributed by atoms with van der Waals surface area (Å²) in [6.07, 6.45) is 0. The first-order valence-electron chi connectivity index (χ1n) is 7.51. The number of benzene rings is 2. The minimum atomic E-state index is -1.34. The molecule has 0 saturated carbocycles. The van der Waals surface area contributed by atoms with Crippen molar-refractivity contribution in [1.29, 1.82) is 0 Å². The van der Waals surface area contributed by atoms with Gasteiger partial charge in [0, 0.05) is 11.8 Å². The third-order valence-electron chi connectivity index (χ3n) is 3.48. The molecule has 3 rings (SSSR count). The standard InChI is InChI=1S/C17H11F3N2O3S2/c18-10-6-11(19)16-15(14(10)20)21-17(27-16)26-8-12(23)22(7-13(24)25)9-4-2-1-3-5-9/h1-6H,7-8H2,(H,24,25). The highest BCUT2D eigenvalue weighted by molar-refractivity contribution is 8.01. The van der Waals surface area contributed by atoms with Crippen LogP contribution in [-0.2, 0) is 9.59 Å². The number of rotatable bonds is 6. The molecule has 0 fully saturated rings. The Labute approximate surface area is 159 Å². The highest BCUT2D eigenvalue weighted by Crippen LogP contribution is 2.33. The van der Waals surface area contributed by atoms with Crippen LogP contribution in [0.4, 0.5) is 18.9 Å². The molecule has 0 unspecified atom stereocenters. The molecule has 5 nitrogen and oxygen atoms in total. The first-order valence-corrected chi connectivity index (χ1v) is 9.31. The van der Waals surface area contributed by atoms with Gasteiger partial charge in [-0.25, -0.2) is 18.2 Å². The maximum atomic E-state index is 13.7. The van der Waals surface area contributed by atoms with Gasteiger partial charge in [-0.05, 0) is 12.1 Å². The smallest absolute Gasteiger partial charge is 0.323 e. The molecule has 0 atom stereocenters. The Kier molecular flexibility index (Phi) is 5.66. The summed E-state index contributed by atoms with van der Waals surface area (Å²) in [6.45, 7) is -0.530. The molecule has 1 heterocycles. The molecule has 1 aromatic heterocycles. The van der Waals surface area contributed by atoms with Crippen LogP contribution in [0.1, 0.15) is 0 Å². The maximum Gasteiger partial charge on any atom is 0.323 e. The van der Waals surface area contributed by atoms with Gasteiger partial charge in [0.1, 0.15) is 17.9 Å². The van der Waals surface area contributed by atoms with E-state index in [0.29, 0.717) is 11.8 Å². The number of hydrogen-bond acceptors (Lipinski definition) is 5. The van der Waals surface area contributed by atoms with Gasteiger partial charge in [-0.2, -0.15) is 0 Å². The Morgan fingerprint density at radius 1 is 1.15 bits per heavy atom. The van der Waals surface area contributed by atoms with Gasteiger partial charge in [-0.15, -0.1) is 11.3 Å². The van der Waals surface area contributed by atoms with E-state index in [2.05, 4.69) is 4.98 Å². The van der Waals surface area contributed by atoms with Gasteiger partial charge >= 0.3 is 5.97 Å². The number of aliphatic carboxylic acids is 1. The molecular weight excluding hydrogens is 401 g/mol. The summed E-state index contributed by atoms with van der Waals surface area (Å²) >= 11 is 1.69. The molecule has 140 valence electrons. The van der Waals surface area contributed by atoms with Crippen molar-refractivity contribution in [3.8, 4) is 0 Å². The number of thiazole rings is 1. The van der Waals surface area contributed by atoms with E-state index in [4.69, 9.17) is 5.11 Å². The minimum Gasteiger partial charge on any atom is -0.480 e. The zero-order valence-electron chi connectivity index (χ0n) is 13.5. The van der Waals surface area contributed by atoms with Gasteiger partial charge in [0.2, 0.25) is 5.91 Å². The van der Waals surface area contributed by atoms with Gasteiger partial charge in [0.25, 0.3) is 0 Å². The molecular formula is C17H11F3N2O3S2. The van der Waals surface area contributed by atoms with Crippen LogP contribution in [0.25, 0.3) is 10.2 Å². The number of carboxylic acid groups (broad SMARTS) is 1. The third kappa shape index (κ3) is 4.22. The number of carbonyl (C=O) groups excluding carboxylic acids is 1. The molecule has 27 heavy (non-hydrogen) atoms. The molecule has 0 aliphatic heterocycles. The lowest BCUT2D eigenvalue weighted by molar-refractivity contribution is -0.136. The van der Waals surface area contributed by atoms with Crippen molar-refractivity contribution in [3.05, 3.63) is 53.8 Å². The SMILES string of the molecule is O=C(O)CN(C(=O)CSc1nc2c(F)c(F)cc(F)c2s1)c1ccccc1. The fourth-order valence-corrected chi connectivity index (χ4v) is 4.22. The molecule has 0 aliphatic carbocycles. The van der Waals surface area contributed by atoms with E-state index in [-0.39, 0.29) is 14.8 Å². The zero-order chi connectivity index (χ0) is 19.6. The lowest BCUT2D eigenvalue weighted by atomic mass is 10.3. The summed E-state index contributed by atoms with van der Waals surface area (Å²) in [5.74, 6) is -5.42. The van der Waals surface area contributed by atoms with Crippen LogP contribution >= 0.6 is 23.1 Å². The minimum absolute atomic E-state index is 0.144. The number of para-hydroxylation sites is 1. The third-order valence-corrected chi connectivity index (χ3v) is 5.67. The number of anilines is 1. The molecule has 0 aliphatic rings. The van der Waals surface area contributed by atoms with E-state index in [1.54, 1.807) is 30.3 Å². The van der Waals surface area contributed by atoms with E-state index < -0.39 is 41.4 Å². The molecule has 0 bridgehead atoms. The highest BCUT2D eigenvalue weighted by Gasteiger charge is 2.21. The second kappa shape index (κ2) is 7.97. The van der Waals surface area contributed by atoms with Crippen LogP contribution < -0.4 is 4.90 Å². The van der Waals surface area contributed by atoms with Crippen LogP contribution in [0.2, 0.25) is 0 Å². The van der Waals surface area contributed by atoms with Crippen molar-refractivity contribution in [1.82, 2.24) is 4.98 Å². The van der Waals surface area contributed by atoms with E-state index in [1.165, 1.54) is 0 Å². The van der Waals surface area contributed by atoms with E-state index in [9.17, 15) is 22.8 Å². The summed E-state index contributed by atoms with van der Waals surface area (Å²) in [7, 11) is 0. The van der Waals surface area contributed by atoms with Crippen LogP contribution in [0, 0.1) is 17.5 Å². The molecule has 1 N–H and O–H groups in total. The molecule has 1 amide bonds. The number of halogens is 3. The van der Waals surface area contributed by atoms with Crippen molar-refractivity contribution in [2.24, 2.45) is 0 Å².